The van der Waals surface area contributed by atoms with Crippen molar-refractivity contribution in [3.8, 4) is 0 Å². The lowest BCUT2D eigenvalue weighted by Gasteiger charge is -2.45. The summed E-state index contributed by atoms with van der Waals surface area (Å²) < 4.78 is 22.7. The molecule has 116 valence electrons. The minimum absolute atomic E-state index is 0.551. The van der Waals surface area contributed by atoms with Crippen LogP contribution in [0.25, 0.3) is 0 Å². The van der Waals surface area contributed by atoms with E-state index in [-0.39, 0.29) is 0 Å². The maximum Gasteiger partial charge on any atom is 0.221 e. The first-order valence-corrected chi connectivity index (χ1v) is 9.36. The number of nitrogens with one attached hydrogen (secondary N) is 1. The van der Waals surface area contributed by atoms with Gasteiger partial charge in [0.25, 0.3) is 0 Å². The lowest BCUT2D eigenvalue weighted by Crippen LogP contribution is -2.56. The summed E-state index contributed by atoms with van der Waals surface area (Å²) in [5.74, 6) is 1.10. The van der Waals surface area contributed by atoms with Crippen LogP contribution in [-0.4, -0.2) is 50.8 Å². The summed E-state index contributed by atoms with van der Waals surface area (Å²) >= 11 is 0. The Labute approximate surface area is 127 Å². The lowest BCUT2D eigenvalue weighted by molar-refractivity contribution is 0.0177. The Bertz CT molecular complexity index is 562. The number of likely N-dealkylation sites (tertiary alicyclic amines) is 1. The molecule has 0 saturated carbocycles. The molecule has 1 aromatic rings. The van der Waals surface area contributed by atoms with Crippen molar-refractivity contribution in [3.05, 3.63) is 35.9 Å². The van der Waals surface area contributed by atoms with Crippen molar-refractivity contribution >= 4 is 10.0 Å². The molecule has 3 rings (SSSR count). The van der Waals surface area contributed by atoms with Crippen LogP contribution in [-0.2, 0) is 16.6 Å². The molecule has 2 atom stereocenters. The largest absolute Gasteiger partial charge is 0.298 e. The number of nitrogens with zero attached hydrogens (tertiary/aromatic N) is 2. The Morgan fingerprint density at radius 3 is 2.29 bits per heavy atom. The van der Waals surface area contributed by atoms with E-state index in [1.807, 2.05) is 11.1 Å². The van der Waals surface area contributed by atoms with Crippen molar-refractivity contribution in [2.45, 2.75) is 13.0 Å². The molecule has 2 aliphatic heterocycles. The maximum absolute atomic E-state index is 11.4. The monoisotopic (exact) mass is 309 g/mol. The zero-order chi connectivity index (χ0) is 14.9. The van der Waals surface area contributed by atoms with Crippen molar-refractivity contribution in [1.82, 2.24) is 14.7 Å². The van der Waals surface area contributed by atoms with Crippen LogP contribution in [0.5, 0.6) is 0 Å². The Balaban J connectivity index is 1.59. The molecule has 0 amide bonds. The number of rotatable bonds is 4. The highest BCUT2D eigenvalue weighted by atomic mass is 32.2. The Morgan fingerprint density at radius 1 is 1.10 bits per heavy atom. The quantitative estimate of drug-likeness (QED) is 0.898. The zero-order valence-corrected chi connectivity index (χ0v) is 13.2. The molecule has 2 unspecified atom stereocenters. The van der Waals surface area contributed by atoms with Crippen LogP contribution in [0, 0.1) is 11.8 Å². The summed E-state index contributed by atoms with van der Waals surface area (Å²) in [5, 5.41) is 1.88. The average Bonchev–Trinajstić information content (AvgIpc) is 2.36. The van der Waals surface area contributed by atoms with Gasteiger partial charge in [-0.25, -0.2) is 13.4 Å². The molecule has 6 heteroatoms. The van der Waals surface area contributed by atoms with Gasteiger partial charge in [0.1, 0.15) is 0 Å². The van der Waals surface area contributed by atoms with Crippen molar-refractivity contribution in [3.63, 3.8) is 0 Å². The molecule has 0 aromatic heterocycles. The topological polar surface area (TPSA) is 52.7 Å². The summed E-state index contributed by atoms with van der Waals surface area (Å²) in [4.78, 5) is 5.14. The van der Waals surface area contributed by atoms with Crippen LogP contribution >= 0.6 is 0 Å². The molecule has 2 aliphatic rings. The number of benzene rings is 1. The smallest absolute Gasteiger partial charge is 0.221 e. The maximum atomic E-state index is 11.4. The molecule has 0 spiro atoms. The van der Waals surface area contributed by atoms with E-state index in [0.717, 1.165) is 32.7 Å². The first kappa shape index (κ1) is 15.0. The Hall–Kier alpha value is -0.950. The third kappa shape index (κ3) is 4.26. The third-order valence-electron chi connectivity index (χ3n) is 4.20. The highest BCUT2D eigenvalue weighted by Crippen LogP contribution is 2.28. The molecule has 21 heavy (non-hydrogen) atoms. The van der Waals surface area contributed by atoms with Gasteiger partial charge in [-0.05, 0) is 23.8 Å². The van der Waals surface area contributed by atoms with Gasteiger partial charge in [-0.2, -0.15) is 0 Å². The van der Waals surface area contributed by atoms with Gasteiger partial charge in [0.2, 0.25) is 10.0 Å². The van der Waals surface area contributed by atoms with Crippen molar-refractivity contribution in [2.75, 3.05) is 32.4 Å². The first-order valence-electron chi connectivity index (χ1n) is 7.46. The normalized spacial score (nSPS) is 27.7. The highest BCUT2D eigenvalue weighted by molar-refractivity contribution is 7.88. The summed E-state index contributed by atoms with van der Waals surface area (Å²) in [7, 11) is -3.15. The lowest BCUT2D eigenvalue weighted by atomic mass is 9.85. The first-order chi connectivity index (χ1) is 9.98. The molecular formula is C15H23N3O2S. The van der Waals surface area contributed by atoms with Crippen molar-refractivity contribution in [2.24, 2.45) is 11.8 Å². The minimum Gasteiger partial charge on any atom is -0.298 e. The van der Waals surface area contributed by atoms with Crippen LogP contribution < -0.4 is 4.83 Å². The number of piperidine rings is 2. The second kappa shape index (κ2) is 6.04. The fourth-order valence-electron chi connectivity index (χ4n) is 3.67. The average molecular weight is 309 g/mol. The summed E-state index contributed by atoms with van der Waals surface area (Å²) in [6.07, 6.45) is 2.44. The number of hydrogen-bond donors (Lipinski definition) is 1. The van der Waals surface area contributed by atoms with Gasteiger partial charge < -0.3 is 0 Å². The van der Waals surface area contributed by atoms with Crippen LogP contribution in [0.2, 0.25) is 0 Å². The number of hydrogen-bond acceptors (Lipinski definition) is 4. The summed E-state index contributed by atoms with van der Waals surface area (Å²) in [5.41, 5.74) is 1.35. The second-order valence-corrected chi connectivity index (χ2v) is 8.14. The van der Waals surface area contributed by atoms with Gasteiger partial charge >= 0.3 is 0 Å². The van der Waals surface area contributed by atoms with Crippen molar-refractivity contribution in [1.29, 1.82) is 0 Å². The Kier molecular flexibility index (Phi) is 4.31. The molecule has 0 aliphatic carbocycles. The van der Waals surface area contributed by atoms with Gasteiger partial charge in [-0.1, -0.05) is 30.3 Å². The van der Waals surface area contributed by atoms with Crippen LogP contribution in [0.1, 0.15) is 12.0 Å². The van der Waals surface area contributed by atoms with Crippen LogP contribution in [0.4, 0.5) is 0 Å². The molecule has 0 radical (unpaired) electrons. The molecule has 2 saturated heterocycles. The highest BCUT2D eigenvalue weighted by Gasteiger charge is 2.34. The van der Waals surface area contributed by atoms with Crippen LogP contribution in [0.3, 0.4) is 0 Å². The number of sulfonamides is 1. The third-order valence-corrected chi connectivity index (χ3v) is 4.79. The van der Waals surface area contributed by atoms with Crippen molar-refractivity contribution < 1.29 is 8.42 Å². The van der Waals surface area contributed by atoms with E-state index in [0.29, 0.717) is 11.8 Å². The second-order valence-electron chi connectivity index (χ2n) is 6.42. The van der Waals surface area contributed by atoms with E-state index in [1.54, 1.807) is 0 Å². The van der Waals surface area contributed by atoms with E-state index >= 15 is 0 Å². The van der Waals surface area contributed by atoms with Gasteiger partial charge in [0.15, 0.2) is 0 Å². The molecule has 5 nitrogen and oxygen atoms in total. The molecule has 1 aromatic carbocycles. The SMILES string of the molecule is CS(=O)(=O)NN1CC2CC(CN(Cc3ccccc3)C2)C1. The van der Waals surface area contributed by atoms with Gasteiger partial charge in [-0.3, -0.25) is 4.90 Å². The van der Waals surface area contributed by atoms with Gasteiger partial charge in [0, 0.05) is 32.7 Å². The molecule has 2 heterocycles. The fourth-order valence-corrected chi connectivity index (χ4v) is 4.29. The van der Waals surface area contributed by atoms with Gasteiger partial charge in [0.05, 0.1) is 6.26 Å². The predicted molar refractivity (Wildman–Crippen MR) is 82.9 cm³/mol. The van der Waals surface area contributed by atoms with Crippen LogP contribution in [0.15, 0.2) is 30.3 Å². The van der Waals surface area contributed by atoms with E-state index in [9.17, 15) is 8.42 Å². The molecule has 2 bridgehead atoms. The fraction of sp³-hybridized carbons (Fsp3) is 0.600. The summed E-state index contributed by atoms with van der Waals surface area (Å²) in [6.45, 7) is 4.72. The molecule has 2 fully saturated rings. The van der Waals surface area contributed by atoms with E-state index in [1.165, 1.54) is 18.2 Å². The molecule has 1 N–H and O–H groups in total. The Morgan fingerprint density at radius 2 is 1.71 bits per heavy atom. The number of fused-ring (bicyclic) bond motifs is 2. The molecular weight excluding hydrogens is 286 g/mol. The van der Waals surface area contributed by atoms with E-state index in [4.69, 9.17) is 0 Å². The minimum atomic E-state index is -3.15. The zero-order valence-electron chi connectivity index (χ0n) is 12.4. The van der Waals surface area contributed by atoms with Gasteiger partial charge in [-0.15, -0.1) is 4.83 Å². The van der Waals surface area contributed by atoms with E-state index in [2.05, 4.69) is 34.0 Å². The number of hydrazine groups is 1. The van der Waals surface area contributed by atoms with E-state index < -0.39 is 10.0 Å². The standard InChI is InChI=1S/C15H23N3O2S/c1-21(19,20)16-18-11-14-7-15(12-18)10-17(9-14)8-13-5-3-2-4-6-13/h2-6,14-16H,7-12H2,1H3. The summed E-state index contributed by atoms with van der Waals surface area (Å²) in [6, 6.07) is 10.5. The predicted octanol–water partition coefficient (Wildman–Crippen LogP) is 0.905.